The molecular weight excluding hydrogens is 785 g/mol. The maximum Gasteiger partial charge on any atom is 0.407 e. The molecule has 1 aliphatic heterocycles. The molecular formula is C40H53N8O8S2-. The predicted octanol–water partition coefficient (Wildman–Crippen LogP) is 5.76. The van der Waals surface area contributed by atoms with Crippen molar-refractivity contribution >= 4 is 40.7 Å². The van der Waals surface area contributed by atoms with Gasteiger partial charge >= 0.3 is 12.1 Å². The number of nitrogens with one attached hydrogen (secondary N) is 3. The Morgan fingerprint density at radius 1 is 0.914 bits per heavy atom. The molecule has 1 fully saturated rings. The number of nitrogens with zero attached hydrogens (tertiary/aromatic N) is 5. The minimum Gasteiger partial charge on any atom is -0.444 e. The van der Waals surface area contributed by atoms with Gasteiger partial charge in [-0.25, -0.2) is 14.6 Å². The van der Waals surface area contributed by atoms with Crippen LogP contribution in [0.4, 0.5) is 9.59 Å². The zero-order valence-electron chi connectivity index (χ0n) is 33.1. The van der Waals surface area contributed by atoms with Crippen molar-refractivity contribution < 1.29 is 28.9 Å². The number of hydrogen-bond acceptors (Lipinski definition) is 13. The van der Waals surface area contributed by atoms with Crippen LogP contribution >= 0.6 is 22.7 Å². The molecule has 0 bridgehead atoms. The molecule has 1 saturated heterocycles. The average Bonchev–Trinajstić information content (AvgIpc) is 3.92. The first-order valence-electron chi connectivity index (χ1n) is 19.2. The van der Waals surface area contributed by atoms with Crippen LogP contribution in [0.1, 0.15) is 65.7 Å². The van der Waals surface area contributed by atoms with Gasteiger partial charge in [0.25, 0.3) is 0 Å². The van der Waals surface area contributed by atoms with E-state index in [-0.39, 0.29) is 30.6 Å². The fourth-order valence-corrected chi connectivity index (χ4v) is 7.58. The molecule has 314 valence electrons. The second kappa shape index (κ2) is 24.6. The first-order chi connectivity index (χ1) is 27.9. The molecule has 4 aromatic rings. The van der Waals surface area contributed by atoms with E-state index in [9.17, 15) is 14.4 Å². The van der Waals surface area contributed by atoms with E-state index in [4.69, 9.17) is 24.8 Å². The van der Waals surface area contributed by atoms with Crippen LogP contribution in [-0.2, 0) is 40.3 Å². The summed E-state index contributed by atoms with van der Waals surface area (Å²) in [4.78, 5) is 62.5. The van der Waals surface area contributed by atoms with E-state index in [1.807, 2.05) is 66.0 Å². The van der Waals surface area contributed by atoms with Gasteiger partial charge in [-0.1, -0.05) is 74.5 Å². The van der Waals surface area contributed by atoms with Crippen molar-refractivity contribution in [2.75, 3.05) is 39.9 Å². The third-order valence-electron chi connectivity index (χ3n) is 9.27. The quantitative estimate of drug-likeness (QED) is 0.0765. The summed E-state index contributed by atoms with van der Waals surface area (Å²) in [7, 11) is 1.72. The molecule has 2 aromatic carbocycles. The topological polar surface area (TPSA) is 204 Å². The third-order valence-corrected chi connectivity index (χ3v) is 11.2. The highest BCUT2D eigenvalue weighted by molar-refractivity contribution is 7.09. The van der Waals surface area contributed by atoms with Crippen molar-refractivity contribution in [2.24, 2.45) is 0 Å². The van der Waals surface area contributed by atoms with Gasteiger partial charge in [-0.2, -0.15) is 0 Å². The Kier molecular flexibility index (Phi) is 19.3. The Labute approximate surface area is 347 Å². The molecule has 0 radical (unpaired) electrons. The van der Waals surface area contributed by atoms with Crippen LogP contribution in [0.25, 0.3) is 0 Å². The molecule has 0 aliphatic carbocycles. The standard InChI is InChI=1S/C40H53N7O5S2.NO3/c1-29(2)38-43-34(27-53-38)25-46(3)39(49)45-36(16-17-47-18-20-51-21-19-47)37(48)42-32(22-30-10-6-4-7-11-30)14-15-33(23-31-12-8-5-9-13-31)44-40(50)52-26-35-24-41-28-54-35;2-1(3)4/h4-13,24,27-29,32-33,36H,14-23,25-26H2,1-3H3,(H,42,48)(H,44,50)(H,45,49);/q;-1/t32-,33-,36+;/m1./s1. The smallest absolute Gasteiger partial charge is 0.407 e. The lowest BCUT2D eigenvalue weighted by atomic mass is 9.95. The molecule has 5 rings (SSSR count). The average molecular weight is 838 g/mol. The Balaban J connectivity index is 0.00000178. The van der Waals surface area contributed by atoms with E-state index in [1.165, 1.54) is 11.3 Å². The van der Waals surface area contributed by atoms with Crippen molar-refractivity contribution in [3.63, 3.8) is 0 Å². The first-order valence-corrected chi connectivity index (χ1v) is 21.0. The monoisotopic (exact) mass is 837 g/mol. The van der Waals surface area contributed by atoms with Gasteiger partial charge in [0.05, 0.1) is 45.9 Å². The lowest BCUT2D eigenvalue weighted by molar-refractivity contribution is -0.402. The fourth-order valence-electron chi connectivity index (χ4n) is 6.25. The SMILES string of the molecule is CC(C)c1nc(CN(C)C(=O)N[C@@H](CCN2CCOCC2)C(=O)N[C@H](CC[C@H](Cc2ccccc2)NC(=O)OCc2cncs2)Cc2ccccc2)cs1.O=[N+]([O-])[O-]. The molecule has 2 aromatic heterocycles. The van der Waals surface area contributed by atoms with E-state index in [0.717, 1.165) is 39.8 Å². The minimum absolute atomic E-state index is 0.150. The third kappa shape index (κ3) is 17.1. The summed E-state index contributed by atoms with van der Waals surface area (Å²) in [6.07, 6.45) is 4.00. The summed E-state index contributed by atoms with van der Waals surface area (Å²) < 4.78 is 11.1. The number of thiazole rings is 2. The second-order valence-corrected chi connectivity index (χ2v) is 16.1. The van der Waals surface area contributed by atoms with Crippen molar-refractivity contribution in [2.45, 2.75) is 83.1 Å². The number of hydrogen-bond donors (Lipinski definition) is 3. The summed E-state index contributed by atoms with van der Waals surface area (Å²) in [6.45, 7) is 8.19. The number of alkyl carbamates (subject to hydrolysis) is 1. The Hall–Kier alpha value is -5.17. The molecule has 3 atom stereocenters. The summed E-state index contributed by atoms with van der Waals surface area (Å²) >= 11 is 3.02. The Morgan fingerprint density at radius 3 is 2.07 bits per heavy atom. The molecule has 4 amide bonds. The predicted molar refractivity (Wildman–Crippen MR) is 223 cm³/mol. The summed E-state index contributed by atoms with van der Waals surface area (Å²) in [5.74, 6) is 0.0746. The van der Waals surface area contributed by atoms with Crippen LogP contribution in [0, 0.1) is 15.3 Å². The second-order valence-electron chi connectivity index (χ2n) is 14.2. The highest BCUT2D eigenvalue weighted by Crippen LogP contribution is 2.20. The summed E-state index contributed by atoms with van der Waals surface area (Å²) in [5.41, 5.74) is 4.70. The summed E-state index contributed by atoms with van der Waals surface area (Å²) in [6, 6.07) is 18.4. The first kappa shape index (κ1) is 45.5. The number of benzene rings is 2. The van der Waals surface area contributed by atoms with Gasteiger partial charge < -0.3 is 45.6 Å². The zero-order chi connectivity index (χ0) is 41.7. The molecule has 3 N–H and O–H groups in total. The number of carbonyl (C=O) groups is 3. The molecule has 1 aliphatic rings. The maximum atomic E-state index is 14.2. The van der Waals surface area contributed by atoms with Crippen LogP contribution in [0.15, 0.2) is 77.8 Å². The van der Waals surface area contributed by atoms with Crippen molar-refractivity contribution in [3.8, 4) is 0 Å². The van der Waals surface area contributed by atoms with Crippen LogP contribution in [0.5, 0.6) is 0 Å². The van der Waals surface area contributed by atoms with Gasteiger partial charge in [0, 0.05) is 56.3 Å². The lowest BCUT2D eigenvalue weighted by Gasteiger charge is -2.30. The van der Waals surface area contributed by atoms with E-state index < -0.39 is 17.2 Å². The zero-order valence-corrected chi connectivity index (χ0v) is 34.8. The van der Waals surface area contributed by atoms with E-state index >= 15 is 0 Å². The molecule has 0 saturated carbocycles. The van der Waals surface area contributed by atoms with Gasteiger partial charge in [0.1, 0.15) is 12.6 Å². The molecule has 58 heavy (non-hydrogen) atoms. The number of rotatable bonds is 19. The Bertz CT molecular complexity index is 1810. The van der Waals surface area contributed by atoms with Crippen LogP contribution in [0.3, 0.4) is 0 Å². The molecule has 18 heteroatoms. The van der Waals surface area contributed by atoms with Crippen molar-refractivity contribution in [1.29, 1.82) is 0 Å². The molecule has 0 spiro atoms. The lowest BCUT2D eigenvalue weighted by Crippen LogP contribution is -2.54. The van der Waals surface area contributed by atoms with Crippen LogP contribution < -0.4 is 16.0 Å². The fraction of sp³-hybridized carbons (Fsp3) is 0.475. The maximum absolute atomic E-state index is 14.2. The normalized spacial score (nSPS) is 14.3. The van der Waals surface area contributed by atoms with E-state index in [1.54, 1.807) is 35.0 Å². The Morgan fingerprint density at radius 2 is 1.52 bits per heavy atom. The number of aromatic nitrogens is 2. The van der Waals surface area contributed by atoms with Gasteiger partial charge in [0.15, 0.2) is 0 Å². The molecule has 16 nitrogen and oxygen atoms in total. The number of amides is 4. The van der Waals surface area contributed by atoms with Crippen molar-refractivity contribution in [1.82, 2.24) is 35.7 Å². The van der Waals surface area contributed by atoms with Gasteiger partial charge in [-0.05, 0) is 43.2 Å². The number of urea groups is 1. The van der Waals surface area contributed by atoms with E-state index in [2.05, 4.69) is 44.7 Å². The number of carbonyl (C=O) groups excluding carboxylic acids is 3. The molecule has 3 heterocycles. The van der Waals surface area contributed by atoms with Gasteiger partial charge in [-0.3, -0.25) is 14.7 Å². The van der Waals surface area contributed by atoms with Crippen LogP contribution in [0.2, 0.25) is 0 Å². The van der Waals surface area contributed by atoms with Crippen LogP contribution in [-0.4, -0.2) is 101 Å². The summed E-state index contributed by atoms with van der Waals surface area (Å²) in [5, 5.41) is 27.2. The van der Waals surface area contributed by atoms with Crippen molar-refractivity contribution in [3.05, 3.63) is 120 Å². The largest absolute Gasteiger partial charge is 0.444 e. The van der Waals surface area contributed by atoms with Gasteiger partial charge in [-0.15, -0.1) is 22.7 Å². The number of ether oxygens (including phenoxy) is 2. The molecule has 0 unspecified atom stereocenters. The minimum atomic E-state index is -1.75. The highest BCUT2D eigenvalue weighted by Gasteiger charge is 2.27. The number of morpholine rings is 1. The van der Waals surface area contributed by atoms with E-state index in [0.29, 0.717) is 64.3 Å². The van der Waals surface area contributed by atoms with Gasteiger partial charge in [0.2, 0.25) is 5.91 Å². The highest BCUT2D eigenvalue weighted by atomic mass is 32.1.